The minimum Gasteiger partial charge on any atom is -0.241 e. The highest BCUT2D eigenvalue weighted by Crippen LogP contribution is 1.48. The summed E-state index contributed by atoms with van der Waals surface area (Å²) in [5.41, 5.74) is 11.0. The second-order valence-corrected chi connectivity index (χ2v) is 1.06. The molecule has 36 valence electrons. The quantitative estimate of drug-likeness (QED) is 0.260. The largest absolute Gasteiger partial charge is 0.241 e. The van der Waals surface area contributed by atoms with Gasteiger partial charge in [0.15, 0.2) is 0 Å². The van der Waals surface area contributed by atoms with Crippen LogP contribution in [0.15, 0.2) is 0 Å². The third-order valence-corrected chi connectivity index (χ3v) is 0.354. The van der Waals surface area contributed by atoms with E-state index in [2.05, 4.69) is 21.7 Å². The van der Waals surface area contributed by atoms with Gasteiger partial charge in [0, 0.05) is 0 Å². The molecule has 2 aliphatic heterocycles. The Morgan fingerprint density at radius 1 is 0.667 bits per heavy atom. The summed E-state index contributed by atoms with van der Waals surface area (Å²) in [6, 6.07) is 0. The summed E-state index contributed by atoms with van der Waals surface area (Å²) in [6.45, 7) is 2.00. The van der Waals surface area contributed by atoms with Gasteiger partial charge in [-0.3, -0.25) is 0 Å². The van der Waals surface area contributed by atoms with Crippen LogP contribution in [0, 0.1) is 0 Å². The van der Waals surface area contributed by atoms with Crippen LogP contribution in [0.5, 0.6) is 0 Å². The maximum atomic E-state index is 2.75. The highest BCUT2D eigenvalue weighted by molar-refractivity contribution is 4.40. The molecule has 0 radical (unpaired) electrons. The van der Waals surface area contributed by atoms with Gasteiger partial charge in [0.1, 0.15) is 0 Å². The van der Waals surface area contributed by atoms with E-state index in [-0.39, 0.29) is 0 Å². The van der Waals surface area contributed by atoms with E-state index >= 15 is 0 Å². The maximum absolute atomic E-state index is 2.75. The predicted molar refractivity (Wildman–Crippen MR) is 22.3 cm³/mol. The van der Waals surface area contributed by atoms with Crippen molar-refractivity contribution in [2.24, 2.45) is 0 Å². The van der Waals surface area contributed by atoms with Gasteiger partial charge in [-0.05, 0) is 0 Å². The first kappa shape index (κ1) is 4.01. The van der Waals surface area contributed by atoms with Crippen molar-refractivity contribution in [3.63, 3.8) is 0 Å². The minimum absolute atomic E-state index is 1.00. The molecule has 0 bridgehead atoms. The number of rotatable bonds is 0. The molecule has 0 spiro atoms. The Morgan fingerprint density at radius 3 is 0.833 bits per heavy atom. The van der Waals surface area contributed by atoms with Crippen molar-refractivity contribution in [1.82, 2.24) is 21.7 Å². The molecule has 4 heteroatoms. The highest BCUT2D eigenvalue weighted by atomic mass is 15.6. The van der Waals surface area contributed by atoms with Crippen molar-refractivity contribution >= 4 is 0 Å². The predicted octanol–water partition coefficient (Wildman–Crippen LogP) is -1.90. The van der Waals surface area contributed by atoms with Crippen molar-refractivity contribution in [2.45, 2.75) is 0 Å². The van der Waals surface area contributed by atoms with E-state index in [1.54, 1.807) is 0 Å². The molecule has 0 amide bonds. The number of hydrazine groups is 2. The van der Waals surface area contributed by atoms with Gasteiger partial charge in [-0.2, -0.15) is 0 Å². The average Bonchev–Trinajstić information content (AvgIpc) is 2.31. The summed E-state index contributed by atoms with van der Waals surface area (Å²) in [7, 11) is 0. The zero-order valence-electron chi connectivity index (χ0n) is 3.41. The molecule has 6 heavy (non-hydrogen) atoms. The zero-order valence-corrected chi connectivity index (χ0v) is 3.41. The van der Waals surface area contributed by atoms with Crippen LogP contribution in [0.25, 0.3) is 0 Å². The Balaban J connectivity index is 0.0000000600. The van der Waals surface area contributed by atoms with Crippen molar-refractivity contribution < 1.29 is 0 Å². The van der Waals surface area contributed by atoms with Gasteiger partial charge in [0.25, 0.3) is 0 Å². The van der Waals surface area contributed by atoms with Gasteiger partial charge in [0.2, 0.25) is 0 Å². The summed E-state index contributed by atoms with van der Waals surface area (Å²) in [5.74, 6) is 0. The molecule has 2 aliphatic rings. The van der Waals surface area contributed by atoms with Crippen LogP contribution in [0.3, 0.4) is 0 Å². The summed E-state index contributed by atoms with van der Waals surface area (Å²) < 4.78 is 0. The van der Waals surface area contributed by atoms with Crippen molar-refractivity contribution in [3.05, 3.63) is 0 Å². The van der Waals surface area contributed by atoms with Gasteiger partial charge < -0.3 is 0 Å². The maximum Gasteiger partial charge on any atom is 0.0721 e. The van der Waals surface area contributed by atoms with E-state index in [4.69, 9.17) is 0 Å². The molecule has 0 unspecified atom stereocenters. The molecule has 4 N–H and O–H groups in total. The third kappa shape index (κ3) is 9.15. The standard InChI is InChI=1S/2CH4N2/c2*1-2-3-1/h2*2-3H,1H2. The summed E-state index contributed by atoms with van der Waals surface area (Å²) >= 11 is 0. The fourth-order valence-corrected chi connectivity index (χ4v) is 0. The zero-order chi connectivity index (χ0) is 4.24. The normalized spacial score (nSPS) is 24.0. The van der Waals surface area contributed by atoms with E-state index in [9.17, 15) is 0 Å². The Labute approximate surface area is 36.2 Å². The van der Waals surface area contributed by atoms with Crippen LogP contribution in [-0.4, -0.2) is 13.3 Å². The highest BCUT2D eigenvalue weighted by Gasteiger charge is 1.87. The fraction of sp³-hybridized carbons (Fsp3) is 1.00. The van der Waals surface area contributed by atoms with Crippen molar-refractivity contribution in [1.29, 1.82) is 0 Å². The number of hydrogen-bond acceptors (Lipinski definition) is 4. The van der Waals surface area contributed by atoms with E-state index in [0.717, 1.165) is 13.3 Å². The SMILES string of the molecule is C1NN1.C1NN1. The lowest BCUT2D eigenvalue weighted by atomic mass is 11.4. The molecule has 0 aromatic heterocycles. The Hall–Kier alpha value is -0.160. The van der Waals surface area contributed by atoms with Crippen LogP contribution in [0.4, 0.5) is 0 Å². The lowest BCUT2D eigenvalue weighted by Crippen LogP contribution is -1.71. The summed E-state index contributed by atoms with van der Waals surface area (Å²) in [6.07, 6.45) is 0. The molecule has 0 aliphatic carbocycles. The Morgan fingerprint density at radius 2 is 0.833 bits per heavy atom. The van der Waals surface area contributed by atoms with Gasteiger partial charge in [-0.25, -0.2) is 21.7 Å². The van der Waals surface area contributed by atoms with Crippen LogP contribution >= 0.6 is 0 Å². The molecule has 2 fully saturated rings. The molecular weight excluding hydrogens is 80.1 g/mol. The summed E-state index contributed by atoms with van der Waals surface area (Å²) in [5, 5.41) is 0. The summed E-state index contributed by atoms with van der Waals surface area (Å²) in [4.78, 5) is 0. The lowest BCUT2D eigenvalue weighted by molar-refractivity contribution is 1.17. The Bertz CT molecular complexity index is 21.0. The molecule has 0 aromatic rings. The molecular formula is C2H8N4. The molecule has 2 saturated heterocycles. The molecule has 0 saturated carbocycles. The van der Waals surface area contributed by atoms with Gasteiger partial charge in [-0.15, -0.1) is 0 Å². The molecule has 2 heterocycles. The van der Waals surface area contributed by atoms with Gasteiger partial charge in [-0.1, -0.05) is 0 Å². The number of nitrogens with one attached hydrogen (secondary N) is 4. The van der Waals surface area contributed by atoms with Crippen molar-refractivity contribution in [3.8, 4) is 0 Å². The first-order valence-corrected chi connectivity index (χ1v) is 1.91. The number of hydrogen-bond donors (Lipinski definition) is 4. The topological polar surface area (TPSA) is 87.8 Å². The van der Waals surface area contributed by atoms with E-state index in [1.165, 1.54) is 0 Å². The minimum atomic E-state index is 1.00. The van der Waals surface area contributed by atoms with Crippen molar-refractivity contribution in [2.75, 3.05) is 13.3 Å². The first-order chi connectivity index (χ1) is 3.00. The molecule has 2 rings (SSSR count). The molecule has 0 aromatic carbocycles. The van der Waals surface area contributed by atoms with E-state index in [1.807, 2.05) is 0 Å². The lowest BCUT2D eigenvalue weighted by Gasteiger charge is -1.24. The second-order valence-electron chi connectivity index (χ2n) is 1.06. The van der Waals surface area contributed by atoms with Crippen LogP contribution < -0.4 is 21.7 Å². The smallest absolute Gasteiger partial charge is 0.0721 e. The van der Waals surface area contributed by atoms with Gasteiger partial charge >= 0.3 is 0 Å². The van der Waals surface area contributed by atoms with Gasteiger partial charge in [0.05, 0.1) is 13.3 Å². The fourth-order valence-electron chi connectivity index (χ4n) is 0. The monoisotopic (exact) mass is 88.1 g/mol. The van der Waals surface area contributed by atoms with Crippen LogP contribution in [0.2, 0.25) is 0 Å². The van der Waals surface area contributed by atoms with E-state index in [0.29, 0.717) is 0 Å². The molecule has 0 atom stereocenters. The van der Waals surface area contributed by atoms with Crippen LogP contribution in [0.1, 0.15) is 0 Å². The third-order valence-electron chi connectivity index (χ3n) is 0.354. The second kappa shape index (κ2) is 2.09. The van der Waals surface area contributed by atoms with E-state index < -0.39 is 0 Å². The molecule has 4 nitrogen and oxygen atoms in total. The Kier molecular flexibility index (Phi) is 1.40. The van der Waals surface area contributed by atoms with Crippen LogP contribution in [-0.2, 0) is 0 Å². The first-order valence-electron chi connectivity index (χ1n) is 1.91. The average molecular weight is 88.1 g/mol.